The van der Waals surface area contributed by atoms with E-state index in [1.807, 2.05) is 31.2 Å². The molecule has 3 rings (SSSR count). The maximum Gasteiger partial charge on any atom is 0.126 e. The van der Waals surface area contributed by atoms with Gasteiger partial charge >= 0.3 is 0 Å². The standard InChI is InChI=1S/C21H28FNO/c1-14-5-10-17-18(13-22)20(12-11-19(17)23-14)24-16-8-6-15(7-9-16)21(2,3)4/h5,10-12,15-16H,6-9,13H2,1-4H3. The van der Waals surface area contributed by atoms with E-state index in [0.29, 0.717) is 16.7 Å². The van der Waals surface area contributed by atoms with Gasteiger partial charge in [-0.3, -0.25) is 4.98 Å². The SMILES string of the molecule is Cc1ccc2c(CF)c(OC3CCC(C(C)(C)C)CC3)ccc2n1. The molecular weight excluding hydrogens is 301 g/mol. The zero-order valence-corrected chi connectivity index (χ0v) is 15.2. The first kappa shape index (κ1) is 17.2. The zero-order valence-electron chi connectivity index (χ0n) is 15.2. The lowest BCUT2D eigenvalue weighted by atomic mass is 9.72. The van der Waals surface area contributed by atoms with Crippen LogP contribution in [0.2, 0.25) is 0 Å². The van der Waals surface area contributed by atoms with Crippen LogP contribution in [0.4, 0.5) is 4.39 Å². The lowest BCUT2D eigenvalue weighted by Gasteiger charge is -2.37. The number of halogens is 1. The number of rotatable bonds is 3. The van der Waals surface area contributed by atoms with E-state index in [9.17, 15) is 4.39 Å². The fraction of sp³-hybridized carbons (Fsp3) is 0.571. The second-order valence-electron chi connectivity index (χ2n) is 8.15. The van der Waals surface area contributed by atoms with Gasteiger partial charge in [-0.15, -0.1) is 0 Å². The van der Waals surface area contributed by atoms with Crippen LogP contribution < -0.4 is 4.74 Å². The van der Waals surface area contributed by atoms with Gasteiger partial charge in [-0.2, -0.15) is 0 Å². The van der Waals surface area contributed by atoms with Gasteiger partial charge in [0.2, 0.25) is 0 Å². The van der Waals surface area contributed by atoms with E-state index in [1.54, 1.807) is 0 Å². The Balaban J connectivity index is 1.77. The molecule has 3 heteroatoms. The van der Waals surface area contributed by atoms with Gasteiger partial charge < -0.3 is 4.74 Å². The van der Waals surface area contributed by atoms with Crippen molar-refractivity contribution in [2.75, 3.05) is 0 Å². The highest BCUT2D eigenvalue weighted by Gasteiger charge is 2.30. The Labute approximate surface area is 144 Å². The Bertz CT molecular complexity index is 712. The molecule has 2 aromatic rings. The Morgan fingerprint density at radius 2 is 1.79 bits per heavy atom. The van der Waals surface area contributed by atoms with Crippen molar-refractivity contribution in [2.45, 2.75) is 66.2 Å². The molecule has 1 fully saturated rings. The van der Waals surface area contributed by atoms with Crippen molar-refractivity contribution in [1.82, 2.24) is 4.98 Å². The summed E-state index contributed by atoms with van der Waals surface area (Å²) in [5, 5.41) is 0.865. The van der Waals surface area contributed by atoms with Crippen molar-refractivity contribution in [3.8, 4) is 5.75 Å². The summed E-state index contributed by atoms with van der Waals surface area (Å²) in [4.78, 5) is 4.49. The van der Waals surface area contributed by atoms with Crippen LogP contribution in [0.3, 0.4) is 0 Å². The van der Waals surface area contributed by atoms with Gasteiger partial charge in [0.25, 0.3) is 0 Å². The fourth-order valence-corrected chi connectivity index (χ4v) is 3.82. The molecule has 1 aromatic heterocycles. The van der Waals surface area contributed by atoms with E-state index in [-0.39, 0.29) is 6.10 Å². The Morgan fingerprint density at radius 1 is 1.08 bits per heavy atom. The summed E-state index contributed by atoms with van der Waals surface area (Å²) >= 11 is 0. The quantitative estimate of drug-likeness (QED) is 0.689. The van der Waals surface area contributed by atoms with E-state index >= 15 is 0 Å². The highest BCUT2D eigenvalue weighted by molar-refractivity contribution is 5.84. The maximum absolute atomic E-state index is 13.7. The third kappa shape index (κ3) is 3.55. The van der Waals surface area contributed by atoms with Gasteiger partial charge in [-0.25, -0.2) is 4.39 Å². The number of benzene rings is 1. The molecule has 0 saturated heterocycles. The number of alkyl halides is 1. The predicted octanol–water partition coefficient (Wildman–Crippen LogP) is 6.00. The molecule has 0 atom stereocenters. The second-order valence-corrected chi connectivity index (χ2v) is 8.15. The normalized spacial score (nSPS) is 21.9. The van der Waals surface area contributed by atoms with E-state index < -0.39 is 6.67 Å². The predicted molar refractivity (Wildman–Crippen MR) is 97.1 cm³/mol. The van der Waals surface area contributed by atoms with E-state index in [2.05, 4.69) is 25.8 Å². The number of nitrogens with zero attached hydrogens (tertiary/aromatic N) is 1. The molecule has 0 aliphatic heterocycles. The number of fused-ring (bicyclic) bond motifs is 1. The van der Waals surface area contributed by atoms with Gasteiger partial charge in [-0.05, 0) is 62.1 Å². The van der Waals surface area contributed by atoms with Crippen molar-refractivity contribution in [1.29, 1.82) is 0 Å². The van der Waals surface area contributed by atoms with E-state index in [0.717, 1.165) is 35.4 Å². The minimum atomic E-state index is -0.519. The summed E-state index contributed by atoms with van der Waals surface area (Å²) in [7, 11) is 0. The number of ether oxygens (including phenoxy) is 1. The smallest absolute Gasteiger partial charge is 0.126 e. The van der Waals surface area contributed by atoms with Gasteiger partial charge in [0.15, 0.2) is 0 Å². The van der Waals surface area contributed by atoms with Crippen LogP contribution in [0.1, 0.15) is 57.7 Å². The summed E-state index contributed by atoms with van der Waals surface area (Å²) in [6.07, 6.45) is 4.68. The highest BCUT2D eigenvalue weighted by atomic mass is 19.1. The molecule has 0 bridgehead atoms. The summed E-state index contributed by atoms with van der Waals surface area (Å²) in [5.74, 6) is 1.44. The summed E-state index contributed by atoms with van der Waals surface area (Å²) in [6.45, 7) is 8.39. The first-order valence-electron chi connectivity index (χ1n) is 9.00. The third-order valence-electron chi connectivity index (χ3n) is 5.41. The Hall–Kier alpha value is -1.64. The van der Waals surface area contributed by atoms with Crippen LogP contribution in [-0.2, 0) is 6.67 Å². The van der Waals surface area contributed by atoms with Gasteiger partial charge in [0, 0.05) is 16.6 Å². The molecule has 2 nitrogen and oxygen atoms in total. The number of aromatic nitrogens is 1. The monoisotopic (exact) mass is 329 g/mol. The zero-order chi connectivity index (χ0) is 17.3. The molecule has 1 saturated carbocycles. The molecule has 1 heterocycles. The summed E-state index contributed by atoms with van der Waals surface area (Å²) in [6, 6.07) is 7.72. The van der Waals surface area contributed by atoms with Gasteiger partial charge in [-0.1, -0.05) is 26.8 Å². The summed E-state index contributed by atoms with van der Waals surface area (Å²) in [5.41, 5.74) is 2.78. The lowest BCUT2D eigenvalue weighted by molar-refractivity contribution is 0.0873. The maximum atomic E-state index is 13.7. The van der Waals surface area contributed by atoms with Crippen LogP contribution >= 0.6 is 0 Å². The van der Waals surface area contributed by atoms with Crippen LogP contribution in [0.15, 0.2) is 24.3 Å². The van der Waals surface area contributed by atoms with Crippen molar-refractivity contribution < 1.29 is 9.13 Å². The van der Waals surface area contributed by atoms with Gasteiger partial charge in [0.1, 0.15) is 12.4 Å². The van der Waals surface area contributed by atoms with Crippen LogP contribution in [-0.4, -0.2) is 11.1 Å². The van der Waals surface area contributed by atoms with Gasteiger partial charge in [0.05, 0.1) is 11.6 Å². The molecule has 0 radical (unpaired) electrons. The molecular formula is C21H28FNO. The van der Waals surface area contributed by atoms with Crippen molar-refractivity contribution >= 4 is 10.9 Å². The molecule has 1 aliphatic rings. The lowest BCUT2D eigenvalue weighted by Crippen LogP contribution is -2.30. The highest BCUT2D eigenvalue weighted by Crippen LogP contribution is 2.39. The Kier molecular flexibility index (Phi) is 4.80. The molecule has 0 unspecified atom stereocenters. The van der Waals surface area contributed by atoms with Crippen molar-refractivity contribution in [3.63, 3.8) is 0 Å². The fourth-order valence-electron chi connectivity index (χ4n) is 3.82. The number of hydrogen-bond acceptors (Lipinski definition) is 2. The minimum Gasteiger partial charge on any atom is -0.490 e. The average Bonchev–Trinajstić information content (AvgIpc) is 2.54. The average molecular weight is 329 g/mol. The van der Waals surface area contributed by atoms with Crippen LogP contribution in [0, 0.1) is 18.3 Å². The van der Waals surface area contributed by atoms with Crippen LogP contribution in [0.25, 0.3) is 10.9 Å². The molecule has 1 aliphatic carbocycles. The largest absolute Gasteiger partial charge is 0.490 e. The first-order chi connectivity index (χ1) is 11.4. The van der Waals surface area contributed by atoms with Crippen molar-refractivity contribution in [2.24, 2.45) is 11.3 Å². The van der Waals surface area contributed by atoms with E-state index in [4.69, 9.17) is 4.74 Å². The summed E-state index contributed by atoms with van der Waals surface area (Å²) < 4.78 is 19.9. The molecule has 24 heavy (non-hydrogen) atoms. The first-order valence-corrected chi connectivity index (χ1v) is 9.00. The topological polar surface area (TPSA) is 22.1 Å². The van der Waals surface area contributed by atoms with Crippen LogP contribution in [0.5, 0.6) is 5.75 Å². The second kappa shape index (κ2) is 6.70. The molecule has 1 aromatic carbocycles. The molecule has 0 spiro atoms. The van der Waals surface area contributed by atoms with E-state index in [1.165, 1.54) is 12.8 Å². The minimum absolute atomic E-state index is 0.199. The Morgan fingerprint density at radius 3 is 2.42 bits per heavy atom. The molecule has 0 N–H and O–H groups in total. The number of aryl methyl sites for hydroxylation is 1. The molecule has 130 valence electrons. The third-order valence-corrected chi connectivity index (χ3v) is 5.41. The number of hydrogen-bond donors (Lipinski definition) is 0. The molecule has 0 amide bonds. The van der Waals surface area contributed by atoms with Crippen molar-refractivity contribution in [3.05, 3.63) is 35.5 Å². The number of pyridine rings is 1.